The average Bonchev–Trinajstić information content (AvgIpc) is 2.47. The molecule has 0 saturated heterocycles. The summed E-state index contributed by atoms with van der Waals surface area (Å²) in [6.07, 6.45) is 4.16. The second-order valence-corrected chi connectivity index (χ2v) is 6.02. The topological polar surface area (TPSA) is 20.2 Å². The van der Waals surface area contributed by atoms with Crippen molar-refractivity contribution < 1.29 is 5.11 Å². The number of unbranched alkanes of at least 4 members (excludes halogenated alkanes) is 2. The zero-order chi connectivity index (χ0) is 10.6. The summed E-state index contributed by atoms with van der Waals surface area (Å²) in [5.41, 5.74) is 1.22. The van der Waals surface area contributed by atoms with Crippen LogP contribution in [0.4, 0.5) is 0 Å². The van der Waals surface area contributed by atoms with Gasteiger partial charge >= 0.3 is 0 Å². The summed E-state index contributed by atoms with van der Waals surface area (Å²) < 4.78 is 1.14. The minimum atomic E-state index is -0.267. The molecule has 0 aromatic carbocycles. The third kappa shape index (κ3) is 3.37. The van der Waals surface area contributed by atoms with E-state index < -0.39 is 0 Å². The van der Waals surface area contributed by atoms with Gasteiger partial charge in [0.2, 0.25) is 0 Å². The van der Waals surface area contributed by atoms with Gasteiger partial charge in [-0.3, -0.25) is 0 Å². The number of aryl methyl sites for hydroxylation is 1. The van der Waals surface area contributed by atoms with Crippen LogP contribution in [0.2, 0.25) is 0 Å². The molecule has 1 unspecified atom stereocenters. The summed E-state index contributed by atoms with van der Waals surface area (Å²) >= 11 is 5.12. The van der Waals surface area contributed by atoms with Crippen molar-refractivity contribution in [2.45, 2.75) is 45.6 Å². The van der Waals surface area contributed by atoms with Crippen LogP contribution in [0.15, 0.2) is 9.85 Å². The fourth-order valence-electron chi connectivity index (χ4n) is 1.38. The third-order valence-corrected chi connectivity index (χ3v) is 4.52. The Morgan fingerprint density at radius 2 is 2.21 bits per heavy atom. The highest BCUT2D eigenvalue weighted by Gasteiger charge is 2.11. The van der Waals surface area contributed by atoms with Crippen LogP contribution >= 0.6 is 27.3 Å². The van der Waals surface area contributed by atoms with E-state index in [4.69, 9.17) is 0 Å². The normalized spacial score (nSPS) is 13.1. The number of rotatable bonds is 5. The lowest BCUT2D eigenvalue weighted by molar-refractivity contribution is 0.167. The molecule has 0 aliphatic heterocycles. The van der Waals surface area contributed by atoms with Crippen molar-refractivity contribution in [1.29, 1.82) is 0 Å². The van der Waals surface area contributed by atoms with Crippen molar-refractivity contribution in [2.24, 2.45) is 0 Å². The molecule has 80 valence electrons. The first-order valence-electron chi connectivity index (χ1n) is 5.09. The Morgan fingerprint density at radius 3 is 2.71 bits per heavy atom. The molecule has 0 bridgehead atoms. The molecule has 1 rings (SSSR count). The Morgan fingerprint density at radius 1 is 1.50 bits per heavy atom. The zero-order valence-corrected chi connectivity index (χ0v) is 11.1. The average molecular weight is 277 g/mol. The van der Waals surface area contributed by atoms with Gasteiger partial charge in [0.25, 0.3) is 0 Å². The maximum absolute atomic E-state index is 9.87. The maximum Gasteiger partial charge on any atom is 0.0882 e. The second kappa shape index (κ2) is 5.89. The zero-order valence-electron chi connectivity index (χ0n) is 8.72. The first-order chi connectivity index (χ1) is 6.65. The van der Waals surface area contributed by atoms with Gasteiger partial charge in [-0.1, -0.05) is 26.2 Å². The predicted molar refractivity (Wildman–Crippen MR) is 65.9 cm³/mol. The molecule has 0 fully saturated rings. The lowest BCUT2D eigenvalue weighted by Crippen LogP contribution is -1.93. The van der Waals surface area contributed by atoms with Crippen LogP contribution < -0.4 is 0 Å². The molecule has 14 heavy (non-hydrogen) atoms. The van der Waals surface area contributed by atoms with E-state index in [-0.39, 0.29) is 6.10 Å². The molecule has 1 N–H and O–H groups in total. The fraction of sp³-hybridized carbons (Fsp3) is 0.636. The van der Waals surface area contributed by atoms with Crippen LogP contribution in [-0.2, 0) is 0 Å². The lowest BCUT2D eigenvalue weighted by Gasteiger charge is -2.06. The summed E-state index contributed by atoms with van der Waals surface area (Å²) in [4.78, 5) is 1.09. The van der Waals surface area contributed by atoms with Crippen molar-refractivity contribution in [3.05, 3.63) is 20.3 Å². The Bertz CT molecular complexity index is 263. The van der Waals surface area contributed by atoms with Crippen molar-refractivity contribution in [1.82, 2.24) is 0 Å². The molecule has 3 heteroatoms. The Balaban J connectivity index is 2.47. The number of halogens is 1. The molecular formula is C11H17BrOS. The quantitative estimate of drug-likeness (QED) is 0.789. The van der Waals surface area contributed by atoms with Gasteiger partial charge in [-0.05, 0) is 40.9 Å². The van der Waals surface area contributed by atoms with Crippen LogP contribution in [0.5, 0.6) is 0 Å². The number of hydrogen-bond donors (Lipinski definition) is 1. The highest BCUT2D eigenvalue weighted by molar-refractivity contribution is 9.11. The van der Waals surface area contributed by atoms with Crippen molar-refractivity contribution in [3.63, 3.8) is 0 Å². The van der Waals surface area contributed by atoms with E-state index in [2.05, 4.69) is 35.8 Å². The largest absolute Gasteiger partial charge is 0.388 e. The van der Waals surface area contributed by atoms with E-state index in [9.17, 15) is 5.11 Å². The van der Waals surface area contributed by atoms with Gasteiger partial charge in [-0.15, -0.1) is 11.3 Å². The molecule has 1 aromatic rings. The van der Waals surface area contributed by atoms with Gasteiger partial charge in [-0.2, -0.15) is 0 Å². The van der Waals surface area contributed by atoms with E-state index in [1.807, 2.05) is 0 Å². The lowest BCUT2D eigenvalue weighted by atomic mass is 10.1. The van der Waals surface area contributed by atoms with Crippen molar-refractivity contribution in [3.8, 4) is 0 Å². The smallest absolute Gasteiger partial charge is 0.0882 e. The van der Waals surface area contributed by atoms with Crippen LogP contribution in [0.3, 0.4) is 0 Å². The summed E-state index contributed by atoms with van der Waals surface area (Å²) in [5, 5.41) is 9.87. The molecule has 0 aliphatic rings. The minimum Gasteiger partial charge on any atom is -0.388 e. The van der Waals surface area contributed by atoms with E-state index in [1.165, 1.54) is 18.4 Å². The van der Waals surface area contributed by atoms with Gasteiger partial charge in [0.15, 0.2) is 0 Å². The van der Waals surface area contributed by atoms with Crippen LogP contribution in [-0.4, -0.2) is 5.11 Å². The number of thiophene rings is 1. The van der Waals surface area contributed by atoms with Crippen molar-refractivity contribution in [2.75, 3.05) is 0 Å². The molecule has 1 atom stereocenters. The highest BCUT2D eigenvalue weighted by atomic mass is 79.9. The summed E-state index contributed by atoms with van der Waals surface area (Å²) in [7, 11) is 0. The fourth-order valence-corrected chi connectivity index (χ4v) is 2.97. The Kier molecular flexibility index (Phi) is 5.13. The highest BCUT2D eigenvalue weighted by Crippen LogP contribution is 2.33. The molecule has 0 saturated carbocycles. The molecule has 0 radical (unpaired) electrons. The molecule has 0 amide bonds. The number of aliphatic hydroxyl groups excluding tert-OH is 1. The summed E-state index contributed by atoms with van der Waals surface area (Å²) in [6, 6.07) is 2.07. The SMILES string of the molecule is CCCCCC(O)c1cc(C)c(Br)s1. The number of aliphatic hydroxyl groups is 1. The Hall–Kier alpha value is 0.140. The van der Waals surface area contributed by atoms with Gasteiger partial charge in [0.05, 0.1) is 9.89 Å². The van der Waals surface area contributed by atoms with Gasteiger partial charge < -0.3 is 5.11 Å². The molecule has 1 heterocycles. The maximum atomic E-state index is 9.87. The van der Waals surface area contributed by atoms with Crippen LogP contribution in [0, 0.1) is 6.92 Å². The summed E-state index contributed by atoms with van der Waals surface area (Å²) in [6.45, 7) is 4.24. The third-order valence-electron chi connectivity index (χ3n) is 2.29. The summed E-state index contributed by atoms with van der Waals surface area (Å²) in [5.74, 6) is 0. The molecular weight excluding hydrogens is 260 g/mol. The van der Waals surface area contributed by atoms with Gasteiger partial charge in [-0.25, -0.2) is 0 Å². The number of hydrogen-bond acceptors (Lipinski definition) is 2. The first-order valence-corrected chi connectivity index (χ1v) is 6.70. The molecule has 1 aromatic heterocycles. The van der Waals surface area contributed by atoms with E-state index in [0.717, 1.165) is 21.5 Å². The van der Waals surface area contributed by atoms with Crippen LogP contribution in [0.25, 0.3) is 0 Å². The first kappa shape index (κ1) is 12.2. The second-order valence-electron chi connectivity index (χ2n) is 3.62. The van der Waals surface area contributed by atoms with E-state index in [0.29, 0.717) is 0 Å². The van der Waals surface area contributed by atoms with Gasteiger partial charge in [0.1, 0.15) is 0 Å². The van der Waals surface area contributed by atoms with Gasteiger partial charge in [0, 0.05) is 4.88 Å². The van der Waals surface area contributed by atoms with Crippen LogP contribution in [0.1, 0.15) is 49.2 Å². The monoisotopic (exact) mass is 276 g/mol. The minimum absolute atomic E-state index is 0.267. The molecule has 0 aliphatic carbocycles. The van der Waals surface area contributed by atoms with Crippen molar-refractivity contribution >= 4 is 27.3 Å². The molecule has 1 nitrogen and oxygen atoms in total. The predicted octanol–water partition coefficient (Wildman–Crippen LogP) is 4.43. The molecule has 0 spiro atoms. The standard InChI is InChI=1S/C11H17BrOS/c1-3-4-5-6-9(13)10-7-8(2)11(12)14-10/h7,9,13H,3-6H2,1-2H3. The van der Waals surface area contributed by atoms with E-state index in [1.54, 1.807) is 11.3 Å². The Labute approximate surface area is 98.3 Å². The van der Waals surface area contributed by atoms with E-state index >= 15 is 0 Å².